The molecule has 5 nitrogen and oxygen atoms in total. The average Bonchev–Trinajstić information content (AvgIpc) is 2.50. The molecule has 2 N–H and O–H groups in total. The molecule has 0 bridgehead atoms. The van der Waals surface area contributed by atoms with E-state index in [1.165, 1.54) is 6.42 Å². The highest BCUT2D eigenvalue weighted by Gasteiger charge is 2.21. The predicted octanol–water partition coefficient (Wildman–Crippen LogP) is 3.50. The number of aromatic nitrogens is 1. The number of hydrogen-bond acceptors (Lipinski definition) is 3. The minimum absolute atomic E-state index is 0.0640. The van der Waals surface area contributed by atoms with Gasteiger partial charge in [-0.1, -0.05) is 33.1 Å². The molecule has 0 radical (unpaired) electrons. The van der Waals surface area contributed by atoms with Gasteiger partial charge in [0.15, 0.2) is 0 Å². The van der Waals surface area contributed by atoms with Gasteiger partial charge in [0.25, 0.3) is 0 Å². The number of rotatable bonds is 4. The SMILES string of the molecule is Cc1cc(NC(=O)C(C)C)ncc1NC(=O)C1CCCCC1. The molecule has 2 amide bonds. The fourth-order valence-electron chi connectivity index (χ4n) is 2.63. The molecule has 1 heterocycles. The number of carbonyl (C=O) groups excluding carboxylic acids is 2. The Labute approximate surface area is 131 Å². The smallest absolute Gasteiger partial charge is 0.228 e. The first kappa shape index (κ1) is 16.5. The van der Waals surface area contributed by atoms with Gasteiger partial charge in [0.05, 0.1) is 11.9 Å². The second-order valence-corrected chi connectivity index (χ2v) is 6.35. The van der Waals surface area contributed by atoms with Gasteiger partial charge in [-0.05, 0) is 31.4 Å². The fraction of sp³-hybridized carbons (Fsp3) is 0.588. The van der Waals surface area contributed by atoms with Crippen LogP contribution in [0.1, 0.15) is 51.5 Å². The van der Waals surface area contributed by atoms with Crippen LogP contribution in [0.25, 0.3) is 0 Å². The van der Waals surface area contributed by atoms with Crippen molar-refractivity contribution in [3.05, 3.63) is 17.8 Å². The Morgan fingerprint density at radius 2 is 1.86 bits per heavy atom. The monoisotopic (exact) mass is 303 g/mol. The van der Waals surface area contributed by atoms with Crippen LogP contribution in [0.4, 0.5) is 11.5 Å². The van der Waals surface area contributed by atoms with E-state index in [4.69, 9.17) is 0 Å². The number of carbonyl (C=O) groups is 2. The van der Waals surface area contributed by atoms with Crippen LogP contribution < -0.4 is 10.6 Å². The Morgan fingerprint density at radius 1 is 1.18 bits per heavy atom. The van der Waals surface area contributed by atoms with Crippen molar-refractivity contribution in [2.75, 3.05) is 10.6 Å². The molecule has 5 heteroatoms. The predicted molar refractivity (Wildman–Crippen MR) is 87.6 cm³/mol. The van der Waals surface area contributed by atoms with E-state index < -0.39 is 0 Å². The first-order valence-electron chi connectivity index (χ1n) is 8.05. The van der Waals surface area contributed by atoms with E-state index in [1.807, 2.05) is 20.8 Å². The summed E-state index contributed by atoms with van der Waals surface area (Å²) in [7, 11) is 0. The third kappa shape index (κ3) is 4.29. The summed E-state index contributed by atoms with van der Waals surface area (Å²) in [6, 6.07) is 1.79. The summed E-state index contributed by atoms with van der Waals surface area (Å²) in [5.74, 6) is 0.572. The fourth-order valence-corrected chi connectivity index (χ4v) is 2.63. The van der Waals surface area contributed by atoms with E-state index >= 15 is 0 Å². The van der Waals surface area contributed by atoms with Crippen molar-refractivity contribution in [3.63, 3.8) is 0 Å². The van der Waals surface area contributed by atoms with Gasteiger partial charge < -0.3 is 10.6 Å². The molecule has 1 saturated carbocycles. The van der Waals surface area contributed by atoms with Crippen LogP contribution in [0.15, 0.2) is 12.3 Å². The van der Waals surface area contributed by atoms with Gasteiger partial charge in [0, 0.05) is 11.8 Å². The van der Waals surface area contributed by atoms with E-state index in [2.05, 4.69) is 15.6 Å². The Balaban J connectivity index is 2.00. The molecule has 120 valence electrons. The maximum atomic E-state index is 12.3. The molecule has 2 rings (SSSR count). The van der Waals surface area contributed by atoms with Crippen LogP contribution in [0.3, 0.4) is 0 Å². The molecule has 0 unspecified atom stereocenters. The van der Waals surface area contributed by atoms with Crippen molar-refractivity contribution in [3.8, 4) is 0 Å². The Bertz CT molecular complexity index is 549. The van der Waals surface area contributed by atoms with Crippen molar-refractivity contribution in [2.24, 2.45) is 11.8 Å². The molecule has 1 aliphatic carbocycles. The molecule has 1 aromatic heterocycles. The van der Waals surface area contributed by atoms with Crippen molar-refractivity contribution in [2.45, 2.75) is 52.9 Å². The minimum atomic E-state index is -0.0900. The van der Waals surface area contributed by atoms with E-state index in [0.717, 1.165) is 36.9 Å². The molecular weight excluding hydrogens is 278 g/mol. The lowest BCUT2D eigenvalue weighted by atomic mass is 9.88. The van der Waals surface area contributed by atoms with Crippen LogP contribution in [-0.2, 0) is 9.59 Å². The minimum Gasteiger partial charge on any atom is -0.324 e. The molecule has 22 heavy (non-hydrogen) atoms. The zero-order chi connectivity index (χ0) is 16.1. The van der Waals surface area contributed by atoms with Crippen molar-refractivity contribution >= 4 is 23.3 Å². The lowest BCUT2D eigenvalue weighted by Gasteiger charge is -2.21. The lowest BCUT2D eigenvalue weighted by Crippen LogP contribution is -2.25. The van der Waals surface area contributed by atoms with Crippen LogP contribution in [-0.4, -0.2) is 16.8 Å². The molecule has 0 atom stereocenters. The highest BCUT2D eigenvalue weighted by Crippen LogP contribution is 2.26. The Morgan fingerprint density at radius 3 is 2.45 bits per heavy atom. The maximum Gasteiger partial charge on any atom is 0.228 e. The molecule has 0 spiro atoms. The highest BCUT2D eigenvalue weighted by molar-refractivity contribution is 5.94. The van der Waals surface area contributed by atoms with Gasteiger partial charge in [-0.25, -0.2) is 4.98 Å². The number of hydrogen-bond donors (Lipinski definition) is 2. The van der Waals surface area contributed by atoms with E-state index in [0.29, 0.717) is 5.82 Å². The average molecular weight is 303 g/mol. The van der Waals surface area contributed by atoms with Crippen molar-refractivity contribution < 1.29 is 9.59 Å². The zero-order valence-electron chi connectivity index (χ0n) is 13.6. The summed E-state index contributed by atoms with van der Waals surface area (Å²) in [4.78, 5) is 28.1. The van der Waals surface area contributed by atoms with Gasteiger partial charge in [0.2, 0.25) is 11.8 Å². The summed E-state index contributed by atoms with van der Waals surface area (Å²) in [6.45, 7) is 5.57. The number of amides is 2. The van der Waals surface area contributed by atoms with Gasteiger partial charge in [0.1, 0.15) is 5.82 Å². The molecule has 0 aliphatic heterocycles. The number of anilines is 2. The molecule has 0 saturated heterocycles. The largest absolute Gasteiger partial charge is 0.324 e. The third-order valence-electron chi connectivity index (χ3n) is 4.12. The first-order valence-corrected chi connectivity index (χ1v) is 8.05. The summed E-state index contributed by atoms with van der Waals surface area (Å²) < 4.78 is 0. The van der Waals surface area contributed by atoms with Crippen LogP contribution >= 0.6 is 0 Å². The Kier molecular flexibility index (Phi) is 5.52. The van der Waals surface area contributed by atoms with E-state index in [-0.39, 0.29) is 23.7 Å². The maximum absolute atomic E-state index is 12.3. The van der Waals surface area contributed by atoms with Gasteiger partial charge in [-0.3, -0.25) is 9.59 Å². The molecule has 1 aromatic rings. The van der Waals surface area contributed by atoms with Crippen molar-refractivity contribution in [1.29, 1.82) is 0 Å². The number of aryl methyl sites for hydroxylation is 1. The standard InChI is InChI=1S/C17H25N3O2/c1-11(2)16(21)20-15-9-12(3)14(10-18-15)19-17(22)13-7-5-4-6-8-13/h9-11,13H,4-8H2,1-3H3,(H,19,22)(H,18,20,21). The summed E-state index contributed by atoms with van der Waals surface area (Å²) >= 11 is 0. The summed E-state index contributed by atoms with van der Waals surface area (Å²) in [5, 5.41) is 5.73. The quantitative estimate of drug-likeness (QED) is 0.894. The molecule has 1 aliphatic rings. The topological polar surface area (TPSA) is 71.1 Å². The number of nitrogens with zero attached hydrogens (tertiary/aromatic N) is 1. The Hall–Kier alpha value is -1.91. The molecule has 0 aromatic carbocycles. The number of pyridine rings is 1. The summed E-state index contributed by atoms with van der Waals surface area (Å²) in [6.07, 6.45) is 7.06. The van der Waals surface area contributed by atoms with Crippen LogP contribution in [0.5, 0.6) is 0 Å². The van der Waals surface area contributed by atoms with Gasteiger partial charge in [-0.15, -0.1) is 0 Å². The summed E-state index contributed by atoms with van der Waals surface area (Å²) in [5.41, 5.74) is 1.62. The van der Waals surface area contributed by atoms with E-state index in [9.17, 15) is 9.59 Å². The normalized spacial score (nSPS) is 15.6. The van der Waals surface area contributed by atoms with Crippen LogP contribution in [0.2, 0.25) is 0 Å². The van der Waals surface area contributed by atoms with E-state index in [1.54, 1.807) is 12.3 Å². The van der Waals surface area contributed by atoms with Gasteiger partial charge in [-0.2, -0.15) is 0 Å². The lowest BCUT2D eigenvalue weighted by molar-refractivity contribution is -0.121. The van der Waals surface area contributed by atoms with Gasteiger partial charge >= 0.3 is 0 Å². The van der Waals surface area contributed by atoms with Crippen molar-refractivity contribution in [1.82, 2.24) is 4.98 Å². The highest BCUT2D eigenvalue weighted by atomic mass is 16.2. The third-order valence-corrected chi connectivity index (χ3v) is 4.12. The first-order chi connectivity index (χ1) is 10.5. The molecule has 1 fully saturated rings. The zero-order valence-corrected chi connectivity index (χ0v) is 13.6. The molecular formula is C17H25N3O2. The van der Waals surface area contributed by atoms with Crippen LogP contribution in [0, 0.1) is 18.8 Å². The second kappa shape index (κ2) is 7.38. The number of nitrogens with one attached hydrogen (secondary N) is 2. The second-order valence-electron chi connectivity index (χ2n) is 6.35.